The Labute approximate surface area is 124 Å². The molecule has 0 aliphatic heterocycles. The molecule has 1 atom stereocenters. The number of benzene rings is 2. The lowest BCUT2D eigenvalue weighted by atomic mass is 10.1. The Bertz CT molecular complexity index is 608. The first kappa shape index (κ1) is 14.9. The summed E-state index contributed by atoms with van der Waals surface area (Å²) in [4.78, 5) is 12.2. The molecule has 1 N–H and O–H groups in total. The molecule has 0 spiro atoms. The maximum Gasteiger partial charge on any atom is 0.251 e. The smallest absolute Gasteiger partial charge is 0.251 e. The fourth-order valence-corrected chi connectivity index (χ4v) is 2.02. The number of ether oxygens (including phenoxy) is 2. The second-order valence-corrected chi connectivity index (χ2v) is 4.70. The lowest BCUT2D eigenvalue weighted by Crippen LogP contribution is -2.26. The summed E-state index contributed by atoms with van der Waals surface area (Å²) < 4.78 is 10.2. The Morgan fingerprint density at radius 3 is 2.29 bits per heavy atom. The monoisotopic (exact) mass is 285 g/mol. The molecule has 2 rings (SSSR count). The summed E-state index contributed by atoms with van der Waals surface area (Å²) >= 11 is 0. The molecule has 0 aliphatic carbocycles. The van der Waals surface area contributed by atoms with Crippen LogP contribution >= 0.6 is 0 Å². The zero-order valence-electron chi connectivity index (χ0n) is 12.4. The number of rotatable bonds is 5. The summed E-state index contributed by atoms with van der Waals surface area (Å²) in [6.07, 6.45) is 0. The van der Waals surface area contributed by atoms with Crippen LogP contribution in [0.25, 0.3) is 0 Å². The van der Waals surface area contributed by atoms with E-state index in [1.807, 2.05) is 37.3 Å². The molecule has 4 heteroatoms. The third-order valence-corrected chi connectivity index (χ3v) is 3.30. The van der Waals surface area contributed by atoms with Gasteiger partial charge < -0.3 is 14.8 Å². The van der Waals surface area contributed by atoms with Crippen LogP contribution < -0.4 is 14.8 Å². The summed E-state index contributed by atoms with van der Waals surface area (Å²) in [5.41, 5.74) is 1.60. The highest BCUT2D eigenvalue weighted by atomic mass is 16.5. The number of carbonyl (C=O) groups excluding carboxylic acids is 1. The topological polar surface area (TPSA) is 47.6 Å². The Morgan fingerprint density at radius 2 is 1.67 bits per heavy atom. The molecular weight excluding hydrogens is 266 g/mol. The largest absolute Gasteiger partial charge is 0.497 e. The number of nitrogens with one attached hydrogen (secondary N) is 1. The summed E-state index contributed by atoms with van der Waals surface area (Å²) in [5.74, 6) is 1.34. The van der Waals surface area contributed by atoms with Crippen LogP contribution in [0, 0.1) is 0 Å². The summed E-state index contributed by atoms with van der Waals surface area (Å²) in [6.45, 7) is 1.94. The van der Waals surface area contributed by atoms with Crippen LogP contribution in [0.5, 0.6) is 11.5 Å². The van der Waals surface area contributed by atoms with Crippen molar-refractivity contribution >= 4 is 5.91 Å². The van der Waals surface area contributed by atoms with Crippen LogP contribution in [-0.2, 0) is 0 Å². The van der Waals surface area contributed by atoms with Gasteiger partial charge in [0, 0.05) is 5.56 Å². The molecule has 0 heterocycles. The maximum atomic E-state index is 12.2. The predicted octanol–water partition coefficient (Wildman–Crippen LogP) is 3.19. The van der Waals surface area contributed by atoms with Gasteiger partial charge in [0.2, 0.25) is 0 Å². The number of carbonyl (C=O) groups is 1. The molecule has 0 fully saturated rings. The molecule has 1 amide bonds. The average Bonchev–Trinajstić information content (AvgIpc) is 2.54. The van der Waals surface area contributed by atoms with E-state index in [0.717, 1.165) is 11.3 Å². The van der Waals surface area contributed by atoms with Crippen molar-refractivity contribution in [1.29, 1.82) is 0 Å². The summed E-state index contributed by atoms with van der Waals surface area (Å²) in [5, 5.41) is 2.97. The van der Waals surface area contributed by atoms with E-state index < -0.39 is 0 Å². The number of hydrogen-bond acceptors (Lipinski definition) is 3. The normalized spacial score (nSPS) is 11.6. The first-order valence-electron chi connectivity index (χ1n) is 6.73. The zero-order valence-corrected chi connectivity index (χ0v) is 12.4. The van der Waals surface area contributed by atoms with E-state index in [2.05, 4.69) is 5.32 Å². The van der Waals surface area contributed by atoms with Crippen LogP contribution in [0.3, 0.4) is 0 Å². The van der Waals surface area contributed by atoms with Crippen LogP contribution in [0.4, 0.5) is 0 Å². The van der Waals surface area contributed by atoms with Gasteiger partial charge in [0.25, 0.3) is 5.91 Å². The third kappa shape index (κ3) is 3.75. The van der Waals surface area contributed by atoms with Crippen molar-refractivity contribution in [1.82, 2.24) is 5.32 Å². The van der Waals surface area contributed by atoms with Crippen LogP contribution in [0.1, 0.15) is 28.9 Å². The standard InChI is InChI=1S/C17H19NO3/c1-12(13-7-9-15(20-2)10-8-13)18-17(19)14-5-4-6-16(11-14)21-3/h4-12H,1-3H3,(H,18,19). The third-order valence-electron chi connectivity index (χ3n) is 3.30. The highest BCUT2D eigenvalue weighted by Crippen LogP contribution is 2.18. The van der Waals surface area contributed by atoms with E-state index in [4.69, 9.17) is 9.47 Å². The molecule has 21 heavy (non-hydrogen) atoms. The van der Waals surface area contributed by atoms with Crippen LogP contribution in [0.2, 0.25) is 0 Å². The molecule has 0 aromatic heterocycles. The van der Waals surface area contributed by atoms with Gasteiger partial charge in [-0.25, -0.2) is 0 Å². The predicted molar refractivity (Wildman–Crippen MR) is 81.9 cm³/mol. The molecule has 2 aromatic rings. The van der Waals surface area contributed by atoms with E-state index >= 15 is 0 Å². The van der Waals surface area contributed by atoms with Gasteiger partial charge >= 0.3 is 0 Å². The Morgan fingerprint density at radius 1 is 1.00 bits per heavy atom. The fraction of sp³-hybridized carbons (Fsp3) is 0.235. The van der Waals surface area contributed by atoms with E-state index in [1.54, 1.807) is 32.4 Å². The minimum Gasteiger partial charge on any atom is -0.497 e. The zero-order chi connectivity index (χ0) is 15.2. The second kappa shape index (κ2) is 6.79. The van der Waals surface area contributed by atoms with Gasteiger partial charge in [-0.15, -0.1) is 0 Å². The first-order chi connectivity index (χ1) is 10.1. The Balaban J connectivity index is 2.06. The van der Waals surface area contributed by atoms with Crippen molar-refractivity contribution in [2.45, 2.75) is 13.0 Å². The van der Waals surface area contributed by atoms with Crippen LogP contribution in [0.15, 0.2) is 48.5 Å². The van der Waals surface area contributed by atoms with Crippen molar-refractivity contribution in [3.63, 3.8) is 0 Å². The van der Waals surface area contributed by atoms with E-state index in [-0.39, 0.29) is 11.9 Å². The molecule has 0 saturated heterocycles. The van der Waals surface area contributed by atoms with Gasteiger partial charge in [0.05, 0.1) is 20.3 Å². The second-order valence-electron chi connectivity index (χ2n) is 4.70. The minimum atomic E-state index is -0.128. The number of methoxy groups -OCH3 is 2. The number of hydrogen-bond donors (Lipinski definition) is 1. The van der Waals surface area contributed by atoms with Crippen molar-refractivity contribution in [2.24, 2.45) is 0 Å². The maximum absolute atomic E-state index is 12.2. The van der Waals surface area contributed by atoms with Gasteiger partial charge in [-0.2, -0.15) is 0 Å². The summed E-state index contributed by atoms with van der Waals surface area (Å²) in [7, 11) is 3.21. The van der Waals surface area contributed by atoms with Crippen LogP contribution in [-0.4, -0.2) is 20.1 Å². The molecule has 1 unspecified atom stereocenters. The van der Waals surface area contributed by atoms with Crippen molar-refractivity contribution in [2.75, 3.05) is 14.2 Å². The first-order valence-corrected chi connectivity index (χ1v) is 6.73. The highest BCUT2D eigenvalue weighted by Gasteiger charge is 2.12. The van der Waals surface area contributed by atoms with Gasteiger partial charge in [-0.1, -0.05) is 18.2 Å². The quantitative estimate of drug-likeness (QED) is 0.917. The van der Waals surface area contributed by atoms with Gasteiger partial charge in [0.15, 0.2) is 0 Å². The van der Waals surface area contributed by atoms with Crippen molar-refractivity contribution < 1.29 is 14.3 Å². The van der Waals surface area contributed by atoms with Crippen molar-refractivity contribution in [3.05, 3.63) is 59.7 Å². The molecule has 0 saturated carbocycles. The van der Waals surface area contributed by atoms with Gasteiger partial charge in [-0.3, -0.25) is 4.79 Å². The fourth-order valence-electron chi connectivity index (χ4n) is 2.02. The SMILES string of the molecule is COc1ccc(C(C)NC(=O)c2cccc(OC)c2)cc1. The molecule has 0 aliphatic rings. The van der Waals surface area contributed by atoms with E-state index in [1.165, 1.54) is 0 Å². The lowest BCUT2D eigenvalue weighted by molar-refractivity contribution is 0.0939. The average molecular weight is 285 g/mol. The van der Waals surface area contributed by atoms with Gasteiger partial charge in [-0.05, 0) is 42.8 Å². The molecule has 110 valence electrons. The molecular formula is C17H19NO3. The number of amides is 1. The summed E-state index contributed by atoms with van der Waals surface area (Å²) in [6, 6.07) is 14.6. The molecule has 0 bridgehead atoms. The molecule has 4 nitrogen and oxygen atoms in total. The van der Waals surface area contributed by atoms with E-state index in [0.29, 0.717) is 11.3 Å². The Kier molecular flexibility index (Phi) is 4.82. The van der Waals surface area contributed by atoms with E-state index in [9.17, 15) is 4.79 Å². The highest BCUT2D eigenvalue weighted by molar-refractivity contribution is 5.94. The minimum absolute atomic E-state index is 0.0883. The lowest BCUT2D eigenvalue weighted by Gasteiger charge is -2.15. The van der Waals surface area contributed by atoms with Gasteiger partial charge in [0.1, 0.15) is 11.5 Å². The van der Waals surface area contributed by atoms with Crippen molar-refractivity contribution in [3.8, 4) is 11.5 Å². The molecule has 0 radical (unpaired) electrons. The molecule has 2 aromatic carbocycles. The Hall–Kier alpha value is -2.49.